The molecule has 0 unspecified atom stereocenters. The lowest BCUT2D eigenvalue weighted by atomic mass is 10.1. The Hall–Kier alpha value is -2.82. The summed E-state index contributed by atoms with van der Waals surface area (Å²) in [4.78, 5) is 11.8. The predicted octanol–water partition coefficient (Wildman–Crippen LogP) is 3.43. The molecule has 0 saturated carbocycles. The normalized spacial score (nSPS) is 11.0. The highest BCUT2D eigenvalue weighted by Gasteiger charge is 2.02. The first kappa shape index (κ1) is 17.5. The third-order valence-electron chi connectivity index (χ3n) is 3.32. The van der Waals surface area contributed by atoms with E-state index in [2.05, 4.69) is 22.8 Å². The molecule has 1 amide bonds. The van der Waals surface area contributed by atoms with Crippen LogP contribution in [0.3, 0.4) is 0 Å². The first-order valence-corrected chi connectivity index (χ1v) is 8.04. The van der Waals surface area contributed by atoms with E-state index >= 15 is 0 Å². The Morgan fingerprint density at radius 3 is 2.46 bits per heavy atom. The zero-order valence-corrected chi connectivity index (χ0v) is 14.1. The predicted molar refractivity (Wildman–Crippen MR) is 97.5 cm³/mol. The highest BCUT2D eigenvalue weighted by Crippen LogP contribution is 2.13. The van der Waals surface area contributed by atoms with Crippen molar-refractivity contribution in [3.8, 4) is 5.75 Å². The molecular weight excluding hydrogens is 302 g/mol. The number of carbonyl (C=O) groups excluding carboxylic acids is 1. The molecule has 5 heteroatoms. The van der Waals surface area contributed by atoms with E-state index in [9.17, 15) is 4.79 Å². The third kappa shape index (κ3) is 5.76. The molecule has 0 aromatic heterocycles. The summed E-state index contributed by atoms with van der Waals surface area (Å²) in [7, 11) is 0. The highest BCUT2D eigenvalue weighted by molar-refractivity contribution is 5.99. The standard InChI is InChI=1S/C19H23N3O2/c1-3-13-24-18-11-9-16(10-12-18)15(2)21-22-19(23)14-20-17-7-5-4-6-8-17/h4-12,20H,3,13-14H2,1-2H3,(H,22,23)/b21-15-. The zero-order valence-electron chi connectivity index (χ0n) is 14.1. The van der Waals surface area contributed by atoms with Crippen LogP contribution in [0.2, 0.25) is 0 Å². The number of hydrazone groups is 1. The maximum absolute atomic E-state index is 11.8. The van der Waals surface area contributed by atoms with Crippen molar-refractivity contribution in [1.29, 1.82) is 0 Å². The van der Waals surface area contributed by atoms with Gasteiger partial charge in [-0.3, -0.25) is 4.79 Å². The first-order chi connectivity index (χ1) is 11.7. The van der Waals surface area contributed by atoms with Gasteiger partial charge in [-0.05, 0) is 55.3 Å². The molecule has 0 heterocycles. The molecule has 2 rings (SSSR count). The number of nitrogens with zero attached hydrogens (tertiary/aromatic N) is 1. The number of hydrogen-bond acceptors (Lipinski definition) is 4. The number of anilines is 1. The van der Waals surface area contributed by atoms with Gasteiger partial charge in [0.25, 0.3) is 5.91 Å². The number of nitrogens with one attached hydrogen (secondary N) is 2. The molecular formula is C19H23N3O2. The summed E-state index contributed by atoms with van der Waals surface area (Å²) in [6, 6.07) is 17.2. The Bertz CT molecular complexity index is 667. The molecule has 126 valence electrons. The van der Waals surface area contributed by atoms with E-state index in [4.69, 9.17) is 4.74 Å². The van der Waals surface area contributed by atoms with Crippen LogP contribution in [0.15, 0.2) is 59.7 Å². The van der Waals surface area contributed by atoms with Gasteiger partial charge in [-0.2, -0.15) is 5.10 Å². The van der Waals surface area contributed by atoms with Gasteiger partial charge in [0.05, 0.1) is 18.9 Å². The average Bonchev–Trinajstić information content (AvgIpc) is 2.64. The average molecular weight is 325 g/mol. The van der Waals surface area contributed by atoms with Gasteiger partial charge in [0.15, 0.2) is 0 Å². The van der Waals surface area contributed by atoms with Gasteiger partial charge in [-0.25, -0.2) is 5.43 Å². The van der Waals surface area contributed by atoms with Gasteiger partial charge in [0, 0.05) is 5.69 Å². The van der Waals surface area contributed by atoms with Crippen molar-refractivity contribution in [3.63, 3.8) is 0 Å². The maximum Gasteiger partial charge on any atom is 0.259 e. The van der Waals surface area contributed by atoms with Crippen LogP contribution in [-0.4, -0.2) is 24.8 Å². The summed E-state index contributed by atoms with van der Waals surface area (Å²) in [6.07, 6.45) is 0.977. The minimum Gasteiger partial charge on any atom is -0.494 e. The monoisotopic (exact) mass is 325 g/mol. The second kappa shape index (κ2) is 9.35. The van der Waals surface area contributed by atoms with Crippen molar-refractivity contribution in [2.24, 2.45) is 5.10 Å². The molecule has 0 atom stereocenters. The molecule has 5 nitrogen and oxygen atoms in total. The first-order valence-electron chi connectivity index (χ1n) is 8.04. The Morgan fingerprint density at radius 1 is 1.08 bits per heavy atom. The van der Waals surface area contributed by atoms with Crippen molar-refractivity contribution < 1.29 is 9.53 Å². The number of hydrogen-bond donors (Lipinski definition) is 2. The fraction of sp³-hybridized carbons (Fsp3) is 0.263. The minimum absolute atomic E-state index is 0.171. The SMILES string of the molecule is CCCOc1ccc(/C(C)=N\NC(=O)CNc2ccccc2)cc1. The smallest absolute Gasteiger partial charge is 0.259 e. The van der Waals surface area contributed by atoms with Crippen molar-refractivity contribution >= 4 is 17.3 Å². The van der Waals surface area contributed by atoms with Gasteiger partial charge >= 0.3 is 0 Å². The van der Waals surface area contributed by atoms with E-state index in [-0.39, 0.29) is 12.5 Å². The molecule has 2 aromatic carbocycles. The van der Waals surface area contributed by atoms with E-state index < -0.39 is 0 Å². The quantitative estimate of drug-likeness (QED) is 0.577. The molecule has 2 aromatic rings. The minimum atomic E-state index is -0.193. The van der Waals surface area contributed by atoms with Crippen LogP contribution in [0, 0.1) is 0 Å². The van der Waals surface area contributed by atoms with Crippen LogP contribution in [0.25, 0.3) is 0 Å². The van der Waals surface area contributed by atoms with Crippen LogP contribution >= 0.6 is 0 Å². The molecule has 0 aliphatic heterocycles. The Morgan fingerprint density at radius 2 is 1.79 bits per heavy atom. The summed E-state index contributed by atoms with van der Waals surface area (Å²) in [5.74, 6) is 0.644. The van der Waals surface area contributed by atoms with Crippen molar-refractivity contribution in [1.82, 2.24) is 5.43 Å². The summed E-state index contributed by atoms with van der Waals surface area (Å²) in [5, 5.41) is 7.17. The van der Waals surface area contributed by atoms with Crippen LogP contribution in [-0.2, 0) is 4.79 Å². The second-order valence-electron chi connectivity index (χ2n) is 5.32. The van der Waals surface area contributed by atoms with Crippen LogP contribution in [0.1, 0.15) is 25.8 Å². The van der Waals surface area contributed by atoms with Crippen molar-refractivity contribution in [2.45, 2.75) is 20.3 Å². The maximum atomic E-state index is 11.8. The summed E-state index contributed by atoms with van der Waals surface area (Å²) >= 11 is 0. The molecule has 0 spiro atoms. The number of benzene rings is 2. The van der Waals surface area contributed by atoms with Gasteiger partial charge in [0.1, 0.15) is 5.75 Å². The fourth-order valence-corrected chi connectivity index (χ4v) is 2.00. The van der Waals surface area contributed by atoms with Gasteiger partial charge in [0.2, 0.25) is 0 Å². The molecule has 0 fully saturated rings. The lowest BCUT2D eigenvalue weighted by molar-refractivity contribution is -0.119. The molecule has 2 N–H and O–H groups in total. The second-order valence-corrected chi connectivity index (χ2v) is 5.32. The van der Waals surface area contributed by atoms with Gasteiger partial charge in [-0.15, -0.1) is 0 Å². The Kier molecular flexibility index (Phi) is 6.83. The molecule has 0 bridgehead atoms. The van der Waals surface area contributed by atoms with E-state index in [1.807, 2.05) is 61.5 Å². The third-order valence-corrected chi connectivity index (χ3v) is 3.32. The molecule has 0 aliphatic rings. The largest absolute Gasteiger partial charge is 0.494 e. The van der Waals surface area contributed by atoms with Crippen LogP contribution in [0.4, 0.5) is 5.69 Å². The van der Waals surface area contributed by atoms with Crippen molar-refractivity contribution in [2.75, 3.05) is 18.5 Å². The summed E-state index contributed by atoms with van der Waals surface area (Å²) in [5.41, 5.74) is 5.14. The molecule has 0 saturated heterocycles. The number of para-hydroxylation sites is 1. The topological polar surface area (TPSA) is 62.7 Å². The number of amides is 1. The lowest BCUT2D eigenvalue weighted by Gasteiger charge is -2.07. The van der Waals surface area contributed by atoms with E-state index in [0.717, 1.165) is 29.1 Å². The zero-order chi connectivity index (χ0) is 17.2. The molecule has 0 aliphatic carbocycles. The van der Waals surface area contributed by atoms with E-state index in [1.54, 1.807) is 0 Å². The highest BCUT2D eigenvalue weighted by atomic mass is 16.5. The van der Waals surface area contributed by atoms with E-state index in [1.165, 1.54) is 0 Å². The van der Waals surface area contributed by atoms with Gasteiger partial charge in [-0.1, -0.05) is 25.1 Å². The molecule has 0 radical (unpaired) electrons. The van der Waals surface area contributed by atoms with Crippen LogP contribution < -0.4 is 15.5 Å². The molecule has 24 heavy (non-hydrogen) atoms. The van der Waals surface area contributed by atoms with Crippen molar-refractivity contribution in [3.05, 3.63) is 60.2 Å². The van der Waals surface area contributed by atoms with Gasteiger partial charge < -0.3 is 10.1 Å². The summed E-state index contributed by atoms with van der Waals surface area (Å²) < 4.78 is 5.54. The fourth-order valence-electron chi connectivity index (χ4n) is 2.00. The number of carbonyl (C=O) groups is 1. The Labute approximate surface area is 142 Å². The number of ether oxygens (including phenoxy) is 1. The van der Waals surface area contributed by atoms with E-state index in [0.29, 0.717) is 6.61 Å². The lowest BCUT2D eigenvalue weighted by Crippen LogP contribution is -2.26. The number of rotatable bonds is 8. The van der Waals surface area contributed by atoms with Crippen LogP contribution in [0.5, 0.6) is 5.75 Å². The Balaban J connectivity index is 1.83. The summed E-state index contributed by atoms with van der Waals surface area (Å²) in [6.45, 7) is 4.80.